The van der Waals surface area contributed by atoms with E-state index in [1.165, 1.54) is 83.5 Å². The third-order valence-corrected chi connectivity index (χ3v) is 18.1. The number of hydrogen-bond donors (Lipinski definition) is 0. The lowest BCUT2D eigenvalue weighted by Crippen LogP contribution is -2.61. The summed E-state index contributed by atoms with van der Waals surface area (Å²) in [7, 11) is 0. The minimum Gasteiger partial charge on any atom is -0.311 e. The van der Waals surface area contributed by atoms with Crippen LogP contribution in [-0.2, 0) is 21.7 Å². The molecular weight excluding hydrogens is 1040 g/mol. The number of hydrogen-bond acceptors (Lipinski definition) is 3. The summed E-state index contributed by atoms with van der Waals surface area (Å²) in [5.74, 6) is 0. The topological polar surface area (TPSA) is 24.3 Å². The van der Waals surface area contributed by atoms with Crippen LogP contribution in [0.15, 0.2) is 237 Å². The number of aromatic nitrogens is 2. The molecule has 0 spiro atoms. The molecule has 0 unspecified atom stereocenters. The van der Waals surface area contributed by atoms with Gasteiger partial charge in [-0.1, -0.05) is 235 Å². The van der Waals surface area contributed by atoms with Crippen LogP contribution < -0.4 is 26.2 Å². The molecule has 0 N–H and O–H groups in total. The van der Waals surface area contributed by atoms with Crippen molar-refractivity contribution in [3.05, 3.63) is 259 Å². The van der Waals surface area contributed by atoms with Crippen LogP contribution in [0, 0.1) is 0 Å². The van der Waals surface area contributed by atoms with Crippen LogP contribution in [0.2, 0.25) is 0 Å². The largest absolute Gasteiger partial charge is 0.311 e. The summed E-state index contributed by atoms with van der Waals surface area (Å²) in [5, 5.41) is 2.41. The van der Waals surface area contributed by atoms with E-state index in [2.05, 4.69) is 334 Å². The first kappa shape index (κ1) is 54.7. The Balaban J connectivity index is 1.03. The molecule has 2 aromatic heterocycles. The van der Waals surface area contributed by atoms with Crippen LogP contribution in [0.1, 0.15) is 105 Å². The minimum atomic E-state index is -0.0860. The normalized spacial score (nSPS) is 13.3. The Morgan fingerprint density at radius 3 is 1.21 bits per heavy atom. The van der Waals surface area contributed by atoms with Crippen molar-refractivity contribution in [3.63, 3.8) is 0 Å². The lowest BCUT2D eigenvalue weighted by atomic mass is 9.33. The van der Waals surface area contributed by atoms with Gasteiger partial charge in [0.1, 0.15) is 0 Å². The maximum atomic E-state index is 5.28. The molecule has 5 heteroatoms. The van der Waals surface area contributed by atoms with Gasteiger partial charge in [-0.2, -0.15) is 0 Å². The highest BCUT2D eigenvalue weighted by Crippen LogP contribution is 2.49. The lowest BCUT2D eigenvalue weighted by Gasteiger charge is -2.45. The zero-order chi connectivity index (χ0) is 59.6. The molecular formula is C81H75BN4. The number of fused-ring (bicyclic) bond motifs is 7. The second-order valence-electron chi connectivity index (χ2n) is 28.1. The highest BCUT2D eigenvalue weighted by atomic mass is 15.2. The fourth-order valence-electron chi connectivity index (χ4n) is 13.4. The van der Waals surface area contributed by atoms with E-state index < -0.39 is 0 Å². The van der Waals surface area contributed by atoms with Crippen LogP contribution in [0.4, 0.5) is 34.1 Å². The van der Waals surface area contributed by atoms with Crippen molar-refractivity contribution in [2.45, 2.75) is 105 Å². The molecule has 0 amide bonds. The van der Waals surface area contributed by atoms with Crippen molar-refractivity contribution in [2.75, 3.05) is 9.80 Å². The molecule has 0 aliphatic carbocycles. The van der Waals surface area contributed by atoms with E-state index in [0.29, 0.717) is 0 Å². The predicted octanol–water partition coefficient (Wildman–Crippen LogP) is 20.1. The zero-order valence-corrected chi connectivity index (χ0v) is 51.9. The maximum Gasteiger partial charge on any atom is 0.252 e. The van der Waals surface area contributed by atoms with Gasteiger partial charge in [-0.05, 0) is 162 Å². The van der Waals surface area contributed by atoms with Gasteiger partial charge in [-0.3, -0.25) is 0 Å². The zero-order valence-electron chi connectivity index (χ0n) is 51.9. The molecule has 0 radical (unpaired) electrons. The fourth-order valence-corrected chi connectivity index (χ4v) is 13.4. The summed E-state index contributed by atoms with van der Waals surface area (Å²) in [6.07, 6.45) is 0. The Morgan fingerprint density at radius 1 is 0.302 bits per heavy atom. The quantitative estimate of drug-likeness (QED) is 0.149. The first-order chi connectivity index (χ1) is 41.2. The lowest BCUT2D eigenvalue weighted by molar-refractivity contribution is 0.568. The van der Waals surface area contributed by atoms with E-state index >= 15 is 0 Å². The van der Waals surface area contributed by atoms with Gasteiger partial charge in [0, 0.05) is 61.6 Å². The van der Waals surface area contributed by atoms with Gasteiger partial charge in [0.25, 0.3) is 6.71 Å². The van der Waals surface area contributed by atoms with Gasteiger partial charge < -0.3 is 14.4 Å². The highest BCUT2D eigenvalue weighted by molar-refractivity contribution is 7.00. The number of nitrogens with zero attached hydrogens (tertiary/aromatic N) is 4. The second-order valence-corrected chi connectivity index (χ2v) is 28.1. The molecule has 86 heavy (non-hydrogen) atoms. The van der Waals surface area contributed by atoms with Gasteiger partial charge in [0.05, 0.1) is 28.1 Å². The molecule has 12 aromatic rings. The summed E-state index contributed by atoms with van der Waals surface area (Å²) < 4.78 is 2.48. The van der Waals surface area contributed by atoms with Crippen LogP contribution in [0.3, 0.4) is 0 Å². The van der Waals surface area contributed by atoms with Crippen LogP contribution in [0.25, 0.3) is 72.3 Å². The molecule has 422 valence electrons. The molecule has 0 fully saturated rings. The SMILES string of the molecule is CC(C)(C)c1cc(N2c3ccccc3B3c4ccccc4N(c4cc(C(C)(C)C)cc(C(C)(C)C)c4)c4cc(-c5ccc6c(c5)c5ccccc5n6-c5ccccc5-c5cc(-c6ccccc6)nc(-c6ccccc6)c5)cc2c43)cc(C(C)(C)C)c1. The summed E-state index contributed by atoms with van der Waals surface area (Å²) >= 11 is 0. The van der Waals surface area contributed by atoms with Gasteiger partial charge >= 0.3 is 0 Å². The standard InChI is InChI=1S/C81H75BN4/c1-78(2,3)57-46-58(79(4,5)6)49-61(48-57)84-73-37-25-21-33-66(73)82-67-34-22-26-38-74(67)85(62-50-59(80(7,8)9)47-60(51-62)81(10,11)12)76-45-55(44-75(84)77(76)82)54-39-40-72-65(41-54)64-32-20-24-36-71(64)86(72)70-35-23-19-31-63(70)56-42-68(52-27-15-13-16-28-52)83-69(43-56)53-29-17-14-18-30-53/h13-51H,1-12H3. The first-order valence-electron chi connectivity index (χ1n) is 30.7. The van der Waals surface area contributed by atoms with Crippen LogP contribution >= 0.6 is 0 Å². The summed E-state index contributed by atoms with van der Waals surface area (Å²) in [5.41, 5.74) is 28.1. The van der Waals surface area contributed by atoms with Gasteiger partial charge in [0.15, 0.2) is 0 Å². The number of pyridine rings is 1. The molecule has 14 rings (SSSR count). The molecule has 0 saturated heterocycles. The Kier molecular flexibility index (Phi) is 12.9. The van der Waals surface area contributed by atoms with Crippen molar-refractivity contribution in [1.82, 2.24) is 9.55 Å². The average Bonchev–Trinajstić information content (AvgIpc) is 0.886. The Hall–Kier alpha value is -9.19. The molecule has 4 nitrogen and oxygen atoms in total. The Labute approximate surface area is 509 Å². The number of benzene rings is 10. The highest BCUT2D eigenvalue weighted by Gasteiger charge is 2.44. The van der Waals surface area contributed by atoms with Crippen molar-refractivity contribution in [2.24, 2.45) is 0 Å². The van der Waals surface area contributed by atoms with Gasteiger partial charge in [-0.25, -0.2) is 4.98 Å². The van der Waals surface area contributed by atoms with Crippen molar-refractivity contribution >= 4 is 79.0 Å². The molecule has 4 heterocycles. The predicted molar refractivity (Wildman–Crippen MR) is 369 cm³/mol. The van der Waals surface area contributed by atoms with E-state index in [-0.39, 0.29) is 28.4 Å². The van der Waals surface area contributed by atoms with Crippen molar-refractivity contribution in [3.8, 4) is 50.5 Å². The van der Waals surface area contributed by atoms with Crippen LogP contribution in [-0.4, -0.2) is 16.3 Å². The fraction of sp³-hybridized carbons (Fsp3) is 0.198. The molecule has 0 atom stereocenters. The number of rotatable bonds is 7. The van der Waals surface area contributed by atoms with Crippen molar-refractivity contribution in [1.29, 1.82) is 0 Å². The third-order valence-electron chi connectivity index (χ3n) is 18.1. The number of anilines is 6. The Bertz CT molecular complexity index is 4360. The van der Waals surface area contributed by atoms with Gasteiger partial charge in [-0.15, -0.1) is 0 Å². The van der Waals surface area contributed by atoms with E-state index in [0.717, 1.165) is 61.5 Å². The van der Waals surface area contributed by atoms with Crippen LogP contribution in [0.5, 0.6) is 0 Å². The van der Waals surface area contributed by atoms with Crippen molar-refractivity contribution < 1.29 is 0 Å². The monoisotopic (exact) mass is 1110 g/mol. The molecule has 10 aromatic carbocycles. The third kappa shape index (κ3) is 9.44. The van der Waals surface area contributed by atoms with E-state index in [9.17, 15) is 0 Å². The Morgan fingerprint density at radius 2 is 0.721 bits per heavy atom. The maximum absolute atomic E-state index is 5.28. The molecule has 2 aliphatic heterocycles. The smallest absolute Gasteiger partial charge is 0.252 e. The summed E-state index contributed by atoms with van der Waals surface area (Å²) in [6, 6.07) is 89.0. The molecule has 2 aliphatic rings. The average molecular weight is 1120 g/mol. The molecule has 0 saturated carbocycles. The number of para-hydroxylation sites is 4. The van der Waals surface area contributed by atoms with E-state index in [4.69, 9.17) is 4.98 Å². The summed E-state index contributed by atoms with van der Waals surface area (Å²) in [6.45, 7) is 28.2. The minimum absolute atomic E-state index is 0.0109. The second kappa shape index (κ2) is 20.2. The summed E-state index contributed by atoms with van der Waals surface area (Å²) in [4.78, 5) is 10.5. The van der Waals surface area contributed by atoms with E-state index in [1.807, 2.05) is 0 Å². The van der Waals surface area contributed by atoms with E-state index in [1.54, 1.807) is 0 Å². The molecule has 0 bridgehead atoms. The first-order valence-corrected chi connectivity index (χ1v) is 30.7. The van der Waals surface area contributed by atoms with Gasteiger partial charge in [0.2, 0.25) is 0 Å².